The van der Waals surface area contributed by atoms with Crippen LogP contribution in [0, 0.1) is 0 Å². The number of aryl methyl sites for hydroxylation is 1. The van der Waals surface area contributed by atoms with Crippen molar-refractivity contribution in [1.29, 1.82) is 0 Å². The maximum Gasteiger partial charge on any atom is 0.134 e. The van der Waals surface area contributed by atoms with Gasteiger partial charge in [0, 0.05) is 53.8 Å². The molecule has 1 aliphatic rings. The SMILES string of the molecule is CCc1nc(Cl)cc(N2CCc3[nH]nc(-c4cccc(Cl)c4)c3C2)n1. The molecule has 1 aliphatic heterocycles. The average Bonchev–Trinajstić information content (AvgIpc) is 3.04. The Morgan fingerprint density at radius 3 is 2.88 bits per heavy atom. The third-order valence-electron chi connectivity index (χ3n) is 4.40. The maximum atomic E-state index is 6.16. The molecule has 25 heavy (non-hydrogen) atoms. The third kappa shape index (κ3) is 3.22. The Bertz CT molecular complexity index is 922. The van der Waals surface area contributed by atoms with Crippen LogP contribution in [0.15, 0.2) is 30.3 Å². The maximum absolute atomic E-state index is 6.16. The first kappa shape index (κ1) is 16.4. The summed E-state index contributed by atoms with van der Waals surface area (Å²) in [5.74, 6) is 1.62. The van der Waals surface area contributed by atoms with Gasteiger partial charge in [0.15, 0.2) is 0 Å². The van der Waals surface area contributed by atoms with Crippen LogP contribution in [0.2, 0.25) is 10.2 Å². The summed E-state index contributed by atoms with van der Waals surface area (Å²) >= 11 is 12.3. The molecule has 0 radical (unpaired) electrons. The molecule has 0 atom stereocenters. The zero-order valence-corrected chi connectivity index (χ0v) is 15.3. The lowest BCUT2D eigenvalue weighted by atomic mass is 10.0. The number of halogens is 2. The summed E-state index contributed by atoms with van der Waals surface area (Å²) in [4.78, 5) is 11.1. The lowest BCUT2D eigenvalue weighted by molar-refractivity contribution is 0.705. The molecule has 3 aromatic rings. The van der Waals surface area contributed by atoms with E-state index >= 15 is 0 Å². The molecule has 0 spiro atoms. The molecule has 0 fully saturated rings. The molecule has 2 aromatic heterocycles. The summed E-state index contributed by atoms with van der Waals surface area (Å²) in [5, 5.41) is 8.88. The van der Waals surface area contributed by atoms with Gasteiger partial charge in [0.05, 0.1) is 5.69 Å². The largest absolute Gasteiger partial charge is 0.352 e. The first-order valence-electron chi connectivity index (χ1n) is 8.24. The number of benzene rings is 1. The van der Waals surface area contributed by atoms with E-state index in [4.69, 9.17) is 23.2 Å². The van der Waals surface area contributed by atoms with Crippen LogP contribution in [0.25, 0.3) is 11.3 Å². The lowest BCUT2D eigenvalue weighted by Crippen LogP contribution is -2.31. The second-order valence-corrected chi connectivity index (χ2v) is 6.85. The van der Waals surface area contributed by atoms with Crippen LogP contribution in [0.5, 0.6) is 0 Å². The van der Waals surface area contributed by atoms with Crippen molar-refractivity contribution in [3.8, 4) is 11.3 Å². The van der Waals surface area contributed by atoms with Gasteiger partial charge in [0.1, 0.15) is 16.8 Å². The minimum absolute atomic E-state index is 0.481. The van der Waals surface area contributed by atoms with E-state index in [9.17, 15) is 0 Å². The zero-order valence-electron chi connectivity index (χ0n) is 13.8. The Balaban J connectivity index is 1.69. The predicted molar refractivity (Wildman–Crippen MR) is 100 cm³/mol. The molecular formula is C18H17Cl2N5. The standard InChI is InChI=1S/C18H17Cl2N5/c1-2-16-21-15(20)9-17(22-16)25-7-6-14-13(10-25)18(24-23-14)11-4-3-5-12(19)8-11/h3-5,8-9H,2,6-7,10H2,1H3,(H,23,24). The van der Waals surface area contributed by atoms with Crippen LogP contribution in [-0.2, 0) is 19.4 Å². The smallest absolute Gasteiger partial charge is 0.134 e. The van der Waals surface area contributed by atoms with Crippen molar-refractivity contribution in [2.45, 2.75) is 26.3 Å². The molecule has 0 saturated heterocycles. The van der Waals surface area contributed by atoms with Crippen LogP contribution >= 0.6 is 23.2 Å². The van der Waals surface area contributed by atoms with Gasteiger partial charge in [-0.2, -0.15) is 5.10 Å². The van der Waals surface area contributed by atoms with E-state index in [1.807, 2.05) is 37.3 Å². The number of H-pyrrole nitrogens is 1. The van der Waals surface area contributed by atoms with Crippen molar-refractivity contribution in [3.05, 3.63) is 57.6 Å². The quantitative estimate of drug-likeness (QED) is 0.695. The highest BCUT2D eigenvalue weighted by molar-refractivity contribution is 6.30. The minimum atomic E-state index is 0.481. The molecule has 0 amide bonds. The number of nitrogens with one attached hydrogen (secondary N) is 1. The number of anilines is 1. The van der Waals surface area contributed by atoms with Crippen molar-refractivity contribution in [2.24, 2.45) is 0 Å². The predicted octanol–water partition coefficient (Wildman–Crippen LogP) is 4.30. The number of aromatic amines is 1. The lowest BCUT2D eigenvalue weighted by Gasteiger charge is -2.28. The number of rotatable bonds is 3. The first-order valence-corrected chi connectivity index (χ1v) is 9.00. The summed E-state index contributed by atoms with van der Waals surface area (Å²) in [6.07, 6.45) is 1.64. The van der Waals surface area contributed by atoms with Crippen molar-refractivity contribution >= 4 is 29.0 Å². The molecule has 0 bridgehead atoms. The van der Waals surface area contributed by atoms with Crippen LogP contribution in [0.1, 0.15) is 24.0 Å². The third-order valence-corrected chi connectivity index (χ3v) is 4.83. The van der Waals surface area contributed by atoms with Crippen molar-refractivity contribution in [1.82, 2.24) is 20.2 Å². The second kappa shape index (κ2) is 6.65. The van der Waals surface area contributed by atoms with Gasteiger partial charge in [-0.15, -0.1) is 0 Å². The highest BCUT2D eigenvalue weighted by atomic mass is 35.5. The van der Waals surface area contributed by atoms with Gasteiger partial charge in [0.25, 0.3) is 0 Å². The molecule has 0 aliphatic carbocycles. The fraction of sp³-hybridized carbons (Fsp3) is 0.278. The topological polar surface area (TPSA) is 57.7 Å². The summed E-state index contributed by atoms with van der Waals surface area (Å²) in [6, 6.07) is 9.60. The molecule has 1 aromatic carbocycles. The number of nitrogens with zero attached hydrogens (tertiary/aromatic N) is 4. The molecule has 7 heteroatoms. The summed E-state index contributed by atoms with van der Waals surface area (Å²) in [5.41, 5.74) is 4.31. The number of fused-ring (bicyclic) bond motifs is 1. The molecule has 0 unspecified atom stereocenters. The highest BCUT2D eigenvalue weighted by Gasteiger charge is 2.24. The highest BCUT2D eigenvalue weighted by Crippen LogP contribution is 2.31. The molecule has 4 rings (SSSR count). The fourth-order valence-corrected chi connectivity index (χ4v) is 3.52. The van der Waals surface area contributed by atoms with Gasteiger partial charge in [-0.1, -0.05) is 42.3 Å². The average molecular weight is 374 g/mol. The van der Waals surface area contributed by atoms with Gasteiger partial charge < -0.3 is 4.90 Å². The number of hydrogen-bond donors (Lipinski definition) is 1. The van der Waals surface area contributed by atoms with E-state index in [1.54, 1.807) is 0 Å². The fourth-order valence-electron chi connectivity index (χ4n) is 3.14. The number of aromatic nitrogens is 4. The Morgan fingerprint density at radius 2 is 2.08 bits per heavy atom. The van der Waals surface area contributed by atoms with E-state index in [-0.39, 0.29) is 0 Å². The summed E-state index contributed by atoms with van der Waals surface area (Å²) < 4.78 is 0. The Hall–Kier alpha value is -2.11. The molecule has 5 nitrogen and oxygen atoms in total. The number of hydrogen-bond acceptors (Lipinski definition) is 4. The molecule has 3 heterocycles. The van der Waals surface area contributed by atoms with Gasteiger partial charge in [-0.25, -0.2) is 9.97 Å². The van der Waals surface area contributed by atoms with Gasteiger partial charge >= 0.3 is 0 Å². The van der Waals surface area contributed by atoms with Crippen LogP contribution < -0.4 is 4.90 Å². The monoisotopic (exact) mass is 373 g/mol. The molecular weight excluding hydrogens is 357 g/mol. The first-order chi connectivity index (χ1) is 12.1. The van der Waals surface area contributed by atoms with Gasteiger partial charge in [-0.05, 0) is 12.1 Å². The van der Waals surface area contributed by atoms with Crippen LogP contribution in [-0.4, -0.2) is 26.7 Å². The van der Waals surface area contributed by atoms with E-state index in [1.165, 1.54) is 11.3 Å². The Labute approximate surface area is 156 Å². The van der Waals surface area contributed by atoms with Crippen LogP contribution in [0.3, 0.4) is 0 Å². The minimum Gasteiger partial charge on any atom is -0.352 e. The molecule has 0 saturated carbocycles. The van der Waals surface area contributed by atoms with E-state index in [2.05, 4.69) is 25.1 Å². The van der Waals surface area contributed by atoms with Gasteiger partial charge in [-0.3, -0.25) is 5.10 Å². The summed E-state index contributed by atoms with van der Waals surface area (Å²) in [6.45, 7) is 3.61. The van der Waals surface area contributed by atoms with E-state index in [0.717, 1.165) is 48.8 Å². The Morgan fingerprint density at radius 1 is 1.20 bits per heavy atom. The summed E-state index contributed by atoms with van der Waals surface area (Å²) in [7, 11) is 0. The Kier molecular flexibility index (Phi) is 4.36. The van der Waals surface area contributed by atoms with Crippen molar-refractivity contribution < 1.29 is 0 Å². The van der Waals surface area contributed by atoms with Crippen molar-refractivity contribution in [2.75, 3.05) is 11.4 Å². The van der Waals surface area contributed by atoms with Crippen LogP contribution in [0.4, 0.5) is 5.82 Å². The van der Waals surface area contributed by atoms with Gasteiger partial charge in [0.2, 0.25) is 0 Å². The van der Waals surface area contributed by atoms with E-state index < -0.39 is 0 Å². The van der Waals surface area contributed by atoms with E-state index in [0.29, 0.717) is 10.2 Å². The second-order valence-electron chi connectivity index (χ2n) is 6.03. The zero-order chi connectivity index (χ0) is 17.4. The molecule has 128 valence electrons. The normalized spacial score (nSPS) is 13.8. The van der Waals surface area contributed by atoms with Crippen molar-refractivity contribution in [3.63, 3.8) is 0 Å². The molecule has 1 N–H and O–H groups in total.